The molecule has 0 spiro atoms. The van der Waals surface area contributed by atoms with Crippen LogP contribution in [0.15, 0.2) is 11.6 Å². The van der Waals surface area contributed by atoms with E-state index in [4.69, 9.17) is 0 Å². The van der Waals surface area contributed by atoms with Crippen molar-refractivity contribution in [1.29, 1.82) is 0 Å². The van der Waals surface area contributed by atoms with E-state index in [1.807, 2.05) is 4.90 Å². The van der Waals surface area contributed by atoms with Crippen molar-refractivity contribution in [3.63, 3.8) is 0 Å². The largest absolute Gasteiger partial charge is 0.344 e. The minimum atomic E-state index is -0.245. The average Bonchev–Trinajstić information content (AvgIpc) is 3.29. The molecule has 2 amide bonds. The van der Waals surface area contributed by atoms with Crippen molar-refractivity contribution in [1.82, 2.24) is 10.2 Å². The highest BCUT2D eigenvalue weighted by atomic mass is 16.2. The van der Waals surface area contributed by atoms with Crippen molar-refractivity contribution < 1.29 is 9.59 Å². The fraction of sp³-hybridized carbons (Fsp3) is 0.750. The highest BCUT2D eigenvalue weighted by Crippen LogP contribution is 2.34. The van der Waals surface area contributed by atoms with Crippen LogP contribution in [0.1, 0.15) is 51.4 Å². The first kappa shape index (κ1) is 13.7. The summed E-state index contributed by atoms with van der Waals surface area (Å²) in [5.74, 6) is 0.574. The number of allylic oxidation sites excluding steroid dienone is 1. The van der Waals surface area contributed by atoms with Crippen LogP contribution in [-0.2, 0) is 9.59 Å². The summed E-state index contributed by atoms with van der Waals surface area (Å²) in [5.41, 5.74) is 1.50. The molecule has 1 heterocycles. The molecule has 1 atom stereocenters. The van der Waals surface area contributed by atoms with Gasteiger partial charge in [-0.1, -0.05) is 11.6 Å². The van der Waals surface area contributed by atoms with Gasteiger partial charge in [0.1, 0.15) is 6.04 Å². The van der Waals surface area contributed by atoms with Crippen LogP contribution >= 0.6 is 0 Å². The molecule has 3 aliphatic rings. The van der Waals surface area contributed by atoms with Crippen LogP contribution in [0.2, 0.25) is 0 Å². The fourth-order valence-electron chi connectivity index (χ4n) is 3.23. The van der Waals surface area contributed by atoms with Gasteiger partial charge in [-0.2, -0.15) is 0 Å². The molecule has 3 rings (SSSR count). The van der Waals surface area contributed by atoms with Gasteiger partial charge in [-0.3, -0.25) is 9.59 Å². The first-order valence-corrected chi connectivity index (χ1v) is 8.00. The van der Waals surface area contributed by atoms with E-state index in [1.165, 1.54) is 31.3 Å². The smallest absolute Gasteiger partial charge is 0.245 e. The van der Waals surface area contributed by atoms with Crippen molar-refractivity contribution >= 4 is 11.8 Å². The summed E-state index contributed by atoms with van der Waals surface area (Å²) in [6.45, 7) is 1.37. The van der Waals surface area contributed by atoms with Crippen molar-refractivity contribution in [3.8, 4) is 0 Å². The molecule has 20 heavy (non-hydrogen) atoms. The molecule has 1 unspecified atom stereocenters. The van der Waals surface area contributed by atoms with Crippen LogP contribution < -0.4 is 5.32 Å². The van der Waals surface area contributed by atoms with Gasteiger partial charge in [0.2, 0.25) is 11.8 Å². The maximum absolute atomic E-state index is 12.5. The number of carbonyl (C=O) groups is 2. The average molecular weight is 276 g/mol. The molecule has 2 aliphatic carbocycles. The number of nitrogens with zero attached hydrogens (tertiary/aromatic N) is 1. The van der Waals surface area contributed by atoms with Gasteiger partial charge in [0, 0.05) is 19.5 Å². The Balaban J connectivity index is 1.60. The van der Waals surface area contributed by atoms with Crippen molar-refractivity contribution in [2.45, 2.75) is 57.4 Å². The zero-order chi connectivity index (χ0) is 13.9. The van der Waals surface area contributed by atoms with E-state index in [0.29, 0.717) is 18.9 Å². The Morgan fingerprint density at radius 2 is 2.05 bits per heavy atom. The van der Waals surface area contributed by atoms with Gasteiger partial charge < -0.3 is 10.2 Å². The molecule has 2 fully saturated rings. The van der Waals surface area contributed by atoms with Crippen molar-refractivity contribution in [2.75, 3.05) is 13.1 Å². The molecule has 0 radical (unpaired) electrons. The standard InChI is InChI=1S/C16H24N2O2/c19-14-9-11-18(10-8-12-4-2-1-3-5-12)16(20)15(17-14)13-6-7-13/h4,13,15H,1-3,5-11H2,(H,17,19). The van der Waals surface area contributed by atoms with E-state index >= 15 is 0 Å². The highest BCUT2D eigenvalue weighted by Gasteiger charge is 2.40. The van der Waals surface area contributed by atoms with Crippen LogP contribution in [-0.4, -0.2) is 35.8 Å². The highest BCUT2D eigenvalue weighted by molar-refractivity contribution is 5.90. The second-order valence-corrected chi connectivity index (χ2v) is 6.32. The summed E-state index contributed by atoms with van der Waals surface area (Å²) in [5, 5.41) is 2.91. The van der Waals surface area contributed by atoms with E-state index in [1.54, 1.807) is 0 Å². The van der Waals surface area contributed by atoms with Crippen LogP contribution in [0.3, 0.4) is 0 Å². The third-order valence-electron chi connectivity index (χ3n) is 4.68. The first-order chi connectivity index (χ1) is 9.74. The molecular weight excluding hydrogens is 252 g/mol. The Kier molecular flexibility index (Phi) is 4.08. The van der Waals surface area contributed by atoms with Gasteiger partial charge in [0.05, 0.1) is 0 Å². The van der Waals surface area contributed by atoms with E-state index in [0.717, 1.165) is 25.8 Å². The molecule has 1 saturated heterocycles. The van der Waals surface area contributed by atoms with Crippen LogP contribution in [0.25, 0.3) is 0 Å². The van der Waals surface area contributed by atoms with E-state index in [-0.39, 0.29) is 17.9 Å². The number of carbonyl (C=O) groups excluding carboxylic acids is 2. The molecule has 4 heteroatoms. The Labute approximate surface area is 120 Å². The molecule has 1 aliphatic heterocycles. The number of rotatable bonds is 4. The lowest BCUT2D eigenvalue weighted by Gasteiger charge is -2.25. The first-order valence-electron chi connectivity index (χ1n) is 8.00. The summed E-state index contributed by atoms with van der Waals surface area (Å²) in [7, 11) is 0. The molecule has 110 valence electrons. The van der Waals surface area contributed by atoms with Crippen molar-refractivity contribution in [2.24, 2.45) is 5.92 Å². The quantitative estimate of drug-likeness (QED) is 0.798. The molecule has 0 bridgehead atoms. The predicted molar refractivity (Wildman–Crippen MR) is 77.0 cm³/mol. The number of nitrogens with one attached hydrogen (secondary N) is 1. The van der Waals surface area contributed by atoms with Gasteiger partial charge in [-0.25, -0.2) is 0 Å². The summed E-state index contributed by atoms with van der Waals surface area (Å²) >= 11 is 0. The van der Waals surface area contributed by atoms with E-state index < -0.39 is 0 Å². The van der Waals surface area contributed by atoms with Gasteiger partial charge in [0.15, 0.2) is 0 Å². The zero-order valence-electron chi connectivity index (χ0n) is 12.1. The lowest BCUT2D eigenvalue weighted by Crippen LogP contribution is -2.46. The number of hydrogen-bond acceptors (Lipinski definition) is 2. The molecule has 1 saturated carbocycles. The van der Waals surface area contributed by atoms with Crippen LogP contribution in [0.4, 0.5) is 0 Å². The molecule has 1 N–H and O–H groups in total. The van der Waals surface area contributed by atoms with Gasteiger partial charge in [-0.15, -0.1) is 0 Å². The van der Waals surface area contributed by atoms with Gasteiger partial charge in [0.25, 0.3) is 0 Å². The Morgan fingerprint density at radius 1 is 1.20 bits per heavy atom. The van der Waals surface area contributed by atoms with Crippen LogP contribution in [0.5, 0.6) is 0 Å². The summed E-state index contributed by atoms with van der Waals surface area (Å²) < 4.78 is 0. The molecular formula is C16H24N2O2. The third kappa shape index (κ3) is 3.22. The summed E-state index contributed by atoms with van der Waals surface area (Å²) in [6.07, 6.45) is 10.9. The second-order valence-electron chi connectivity index (χ2n) is 6.32. The van der Waals surface area contributed by atoms with Gasteiger partial charge in [-0.05, 0) is 50.9 Å². The van der Waals surface area contributed by atoms with E-state index in [2.05, 4.69) is 11.4 Å². The SMILES string of the molecule is O=C1CCN(CCC2=CCCCC2)C(=O)C(C2CC2)N1. The molecule has 0 aromatic carbocycles. The van der Waals surface area contributed by atoms with Gasteiger partial charge >= 0.3 is 0 Å². The monoisotopic (exact) mass is 276 g/mol. The van der Waals surface area contributed by atoms with E-state index in [9.17, 15) is 9.59 Å². The van der Waals surface area contributed by atoms with Crippen LogP contribution in [0, 0.1) is 5.92 Å². The molecule has 0 aromatic rings. The maximum Gasteiger partial charge on any atom is 0.245 e. The fourth-order valence-corrected chi connectivity index (χ4v) is 3.23. The second kappa shape index (κ2) is 5.98. The Bertz CT molecular complexity index is 426. The number of hydrogen-bond donors (Lipinski definition) is 1. The minimum Gasteiger partial charge on any atom is -0.344 e. The lowest BCUT2D eigenvalue weighted by atomic mass is 9.97. The topological polar surface area (TPSA) is 49.4 Å². The Morgan fingerprint density at radius 3 is 2.75 bits per heavy atom. The Hall–Kier alpha value is -1.32. The minimum absolute atomic E-state index is 0.0367. The molecule has 0 aromatic heterocycles. The maximum atomic E-state index is 12.5. The lowest BCUT2D eigenvalue weighted by molar-refractivity contribution is -0.134. The van der Waals surface area contributed by atoms with Crippen molar-refractivity contribution in [3.05, 3.63) is 11.6 Å². The normalized spacial score (nSPS) is 27.9. The third-order valence-corrected chi connectivity index (χ3v) is 4.68. The summed E-state index contributed by atoms with van der Waals surface area (Å²) in [6, 6.07) is -0.245. The molecule has 4 nitrogen and oxygen atoms in total. The predicted octanol–water partition coefficient (Wildman–Crippen LogP) is 2.00. The number of amides is 2. The zero-order valence-corrected chi connectivity index (χ0v) is 12.1. The summed E-state index contributed by atoms with van der Waals surface area (Å²) in [4.78, 5) is 26.2.